The summed E-state index contributed by atoms with van der Waals surface area (Å²) in [4.78, 5) is 4.33. The van der Waals surface area contributed by atoms with Crippen molar-refractivity contribution in [2.75, 3.05) is 41.3 Å². The predicted molar refractivity (Wildman–Crippen MR) is 72.5 cm³/mol. The molecule has 0 aliphatic carbocycles. The van der Waals surface area contributed by atoms with Crippen LogP contribution >= 0.6 is 0 Å². The van der Waals surface area contributed by atoms with Crippen molar-refractivity contribution >= 4 is 0 Å². The number of para-hydroxylation sites is 1. The number of hydrogen-bond acceptors (Lipinski definition) is 3. The lowest BCUT2D eigenvalue weighted by Gasteiger charge is -2.15. The van der Waals surface area contributed by atoms with Crippen LogP contribution in [-0.4, -0.2) is 51.1 Å². The van der Waals surface area contributed by atoms with E-state index in [1.807, 2.05) is 6.07 Å². The SMILES string of the molecule is CN(C)CCCOc1ccccc1CN(C)C. The van der Waals surface area contributed by atoms with Gasteiger partial charge in [0.25, 0.3) is 0 Å². The van der Waals surface area contributed by atoms with Crippen LogP contribution in [0.5, 0.6) is 5.75 Å². The quantitative estimate of drug-likeness (QED) is 0.674. The van der Waals surface area contributed by atoms with Gasteiger partial charge < -0.3 is 14.5 Å². The normalized spacial score (nSPS) is 11.2. The highest BCUT2D eigenvalue weighted by molar-refractivity contribution is 5.33. The van der Waals surface area contributed by atoms with Crippen molar-refractivity contribution in [3.63, 3.8) is 0 Å². The zero-order valence-electron chi connectivity index (χ0n) is 11.4. The van der Waals surface area contributed by atoms with Crippen molar-refractivity contribution < 1.29 is 4.74 Å². The zero-order valence-corrected chi connectivity index (χ0v) is 11.4. The van der Waals surface area contributed by atoms with E-state index in [4.69, 9.17) is 4.74 Å². The third-order valence-corrected chi connectivity index (χ3v) is 2.47. The van der Waals surface area contributed by atoms with Crippen LogP contribution in [-0.2, 0) is 6.54 Å². The highest BCUT2D eigenvalue weighted by Gasteiger charge is 2.03. The minimum Gasteiger partial charge on any atom is -0.493 e. The van der Waals surface area contributed by atoms with Gasteiger partial charge in [0.1, 0.15) is 5.75 Å². The molecule has 0 aliphatic heterocycles. The molecule has 0 heterocycles. The van der Waals surface area contributed by atoms with E-state index in [-0.39, 0.29) is 0 Å². The minimum absolute atomic E-state index is 0.780. The Morgan fingerprint density at radius 2 is 1.71 bits per heavy atom. The Hall–Kier alpha value is -1.06. The number of rotatable bonds is 7. The summed E-state index contributed by atoms with van der Waals surface area (Å²) in [6.45, 7) is 2.77. The Morgan fingerprint density at radius 1 is 1.00 bits per heavy atom. The molecule has 0 saturated heterocycles. The Balaban J connectivity index is 2.46. The summed E-state index contributed by atoms with van der Waals surface area (Å²) in [6.07, 6.45) is 1.06. The average molecular weight is 236 g/mol. The summed E-state index contributed by atoms with van der Waals surface area (Å²) in [5.41, 5.74) is 1.25. The molecular weight excluding hydrogens is 212 g/mol. The van der Waals surface area contributed by atoms with Crippen LogP contribution in [0, 0.1) is 0 Å². The smallest absolute Gasteiger partial charge is 0.123 e. The average Bonchev–Trinajstić information content (AvgIpc) is 2.25. The maximum absolute atomic E-state index is 5.84. The fraction of sp³-hybridized carbons (Fsp3) is 0.571. The molecule has 1 aromatic rings. The molecule has 3 heteroatoms. The molecule has 0 amide bonds. The molecule has 0 aromatic heterocycles. The lowest BCUT2D eigenvalue weighted by atomic mass is 10.2. The molecule has 0 aliphatic rings. The van der Waals surface area contributed by atoms with Gasteiger partial charge in [-0.25, -0.2) is 0 Å². The van der Waals surface area contributed by atoms with Gasteiger partial charge in [-0.2, -0.15) is 0 Å². The second kappa shape index (κ2) is 7.30. The summed E-state index contributed by atoms with van der Waals surface area (Å²) in [7, 11) is 8.31. The van der Waals surface area contributed by atoms with Crippen molar-refractivity contribution in [1.29, 1.82) is 0 Å². The van der Waals surface area contributed by atoms with Gasteiger partial charge in [0.05, 0.1) is 6.61 Å². The second-order valence-corrected chi connectivity index (χ2v) is 4.85. The molecule has 1 aromatic carbocycles. The minimum atomic E-state index is 0.780. The van der Waals surface area contributed by atoms with Gasteiger partial charge in [-0.05, 0) is 40.7 Å². The summed E-state index contributed by atoms with van der Waals surface area (Å²) < 4.78 is 5.84. The van der Waals surface area contributed by atoms with Crippen LogP contribution in [0.2, 0.25) is 0 Å². The maximum Gasteiger partial charge on any atom is 0.123 e. The topological polar surface area (TPSA) is 15.7 Å². The third kappa shape index (κ3) is 5.71. The van der Waals surface area contributed by atoms with E-state index in [0.717, 1.165) is 31.9 Å². The van der Waals surface area contributed by atoms with Crippen molar-refractivity contribution in [2.45, 2.75) is 13.0 Å². The fourth-order valence-electron chi connectivity index (χ4n) is 1.68. The molecule has 0 radical (unpaired) electrons. The van der Waals surface area contributed by atoms with Gasteiger partial charge in [0.2, 0.25) is 0 Å². The van der Waals surface area contributed by atoms with Gasteiger partial charge >= 0.3 is 0 Å². The summed E-state index contributed by atoms with van der Waals surface area (Å²) in [5, 5.41) is 0. The third-order valence-electron chi connectivity index (χ3n) is 2.47. The molecule has 96 valence electrons. The standard InChI is InChI=1S/C14H24N2O/c1-15(2)10-7-11-17-14-9-6-5-8-13(14)12-16(3)4/h5-6,8-9H,7,10-12H2,1-4H3. The van der Waals surface area contributed by atoms with Crippen LogP contribution in [0.4, 0.5) is 0 Å². The van der Waals surface area contributed by atoms with Gasteiger partial charge in [-0.15, -0.1) is 0 Å². The van der Waals surface area contributed by atoms with E-state index in [2.05, 4.69) is 56.2 Å². The lowest BCUT2D eigenvalue weighted by molar-refractivity contribution is 0.275. The van der Waals surface area contributed by atoms with Crippen molar-refractivity contribution in [3.8, 4) is 5.75 Å². The van der Waals surface area contributed by atoms with E-state index < -0.39 is 0 Å². The first-order chi connectivity index (χ1) is 8.09. The summed E-state index contributed by atoms with van der Waals surface area (Å²) in [5.74, 6) is 1.01. The Kier molecular flexibility index (Phi) is 6.01. The number of nitrogens with zero attached hydrogens (tertiary/aromatic N) is 2. The van der Waals surface area contributed by atoms with E-state index in [0.29, 0.717) is 0 Å². The van der Waals surface area contributed by atoms with Crippen LogP contribution in [0.3, 0.4) is 0 Å². The molecule has 0 atom stereocenters. The summed E-state index contributed by atoms with van der Waals surface area (Å²) >= 11 is 0. The van der Waals surface area contributed by atoms with E-state index in [1.165, 1.54) is 5.56 Å². The Bertz CT molecular complexity index is 324. The monoisotopic (exact) mass is 236 g/mol. The second-order valence-electron chi connectivity index (χ2n) is 4.85. The van der Waals surface area contributed by atoms with Crippen molar-refractivity contribution in [1.82, 2.24) is 9.80 Å². The first kappa shape index (κ1) is 14.0. The molecule has 0 bridgehead atoms. The van der Waals surface area contributed by atoms with E-state index >= 15 is 0 Å². The lowest BCUT2D eigenvalue weighted by Crippen LogP contribution is -2.16. The molecule has 0 saturated carbocycles. The molecule has 0 spiro atoms. The number of ether oxygens (including phenoxy) is 1. The van der Waals surface area contributed by atoms with Gasteiger partial charge in [-0.3, -0.25) is 0 Å². The molecule has 3 nitrogen and oxygen atoms in total. The first-order valence-corrected chi connectivity index (χ1v) is 6.10. The van der Waals surface area contributed by atoms with E-state index in [9.17, 15) is 0 Å². The highest BCUT2D eigenvalue weighted by atomic mass is 16.5. The zero-order chi connectivity index (χ0) is 12.7. The van der Waals surface area contributed by atoms with Gasteiger partial charge in [0, 0.05) is 18.7 Å². The number of hydrogen-bond donors (Lipinski definition) is 0. The van der Waals surface area contributed by atoms with Crippen LogP contribution in [0.15, 0.2) is 24.3 Å². The van der Waals surface area contributed by atoms with Crippen LogP contribution < -0.4 is 4.74 Å². The molecular formula is C14H24N2O. The Morgan fingerprint density at radius 3 is 2.35 bits per heavy atom. The van der Waals surface area contributed by atoms with Gasteiger partial charge in [0.15, 0.2) is 0 Å². The predicted octanol–water partition coefficient (Wildman–Crippen LogP) is 2.08. The largest absolute Gasteiger partial charge is 0.493 e. The fourth-order valence-corrected chi connectivity index (χ4v) is 1.68. The van der Waals surface area contributed by atoms with Crippen LogP contribution in [0.1, 0.15) is 12.0 Å². The Labute approximate surface area is 105 Å². The van der Waals surface area contributed by atoms with Crippen molar-refractivity contribution in [2.24, 2.45) is 0 Å². The van der Waals surface area contributed by atoms with Crippen LogP contribution in [0.25, 0.3) is 0 Å². The molecule has 0 N–H and O–H groups in total. The first-order valence-electron chi connectivity index (χ1n) is 6.10. The molecule has 17 heavy (non-hydrogen) atoms. The van der Waals surface area contributed by atoms with Crippen molar-refractivity contribution in [3.05, 3.63) is 29.8 Å². The maximum atomic E-state index is 5.84. The highest BCUT2D eigenvalue weighted by Crippen LogP contribution is 2.19. The van der Waals surface area contributed by atoms with Gasteiger partial charge in [-0.1, -0.05) is 18.2 Å². The molecule has 1 rings (SSSR count). The molecule has 0 unspecified atom stereocenters. The number of benzene rings is 1. The summed E-state index contributed by atoms with van der Waals surface area (Å²) in [6, 6.07) is 8.27. The van der Waals surface area contributed by atoms with E-state index in [1.54, 1.807) is 0 Å². The molecule has 0 fully saturated rings.